The van der Waals surface area contributed by atoms with Crippen LogP contribution in [0.2, 0.25) is 0 Å². The van der Waals surface area contributed by atoms with E-state index >= 15 is 0 Å². The maximum atomic E-state index is 9.07. The number of nitrogens with zero attached hydrogens (tertiary/aromatic N) is 4. The highest BCUT2D eigenvalue weighted by molar-refractivity contribution is 7.13. The van der Waals surface area contributed by atoms with E-state index in [1.54, 1.807) is 36.8 Å². The predicted molar refractivity (Wildman–Crippen MR) is 122 cm³/mol. The Kier molecular flexibility index (Phi) is 5.28. The van der Waals surface area contributed by atoms with E-state index in [0.29, 0.717) is 17.4 Å². The Labute approximate surface area is 184 Å². The normalized spacial score (nSPS) is 16.5. The summed E-state index contributed by atoms with van der Waals surface area (Å²) < 4.78 is 5.34. The van der Waals surface area contributed by atoms with Crippen LogP contribution in [0.25, 0.3) is 10.9 Å². The number of pyridine rings is 1. The third kappa shape index (κ3) is 4.10. The minimum atomic E-state index is 0.297. The summed E-state index contributed by atoms with van der Waals surface area (Å²) in [7, 11) is 1.69. The quantitative estimate of drug-likeness (QED) is 0.448. The molecular formula is C23H22N6OS. The number of fused-ring (bicyclic) bond motifs is 1. The van der Waals surface area contributed by atoms with Crippen LogP contribution < -0.4 is 10.1 Å². The number of H-pyrrole nitrogens is 1. The Bertz CT molecular complexity index is 1260. The summed E-state index contributed by atoms with van der Waals surface area (Å²) >= 11 is 1.57. The molecule has 0 unspecified atom stereocenters. The molecule has 0 aliphatic carbocycles. The summed E-state index contributed by atoms with van der Waals surface area (Å²) in [5, 5.41) is 16.4. The molecule has 156 valence electrons. The number of rotatable bonds is 6. The Morgan fingerprint density at radius 1 is 1.32 bits per heavy atom. The van der Waals surface area contributed by atoms with Crippen molar-refractivity contribution in [1.29, 1.82) is 5.26 Å². The summed E-state index contributed by atoms with van der Waals surface area (Å²) in [6.07, 6.45) is 3.88. The van der Waals surface area contributed by atoms with Crippen LogP contribution in [0.15, 0.2) is 48.0 Å². The zero-order valence-corrected chi connectivity index (χ0v) is 17.9. The average Bonchev–Trinajstić information content (AvgIpc) is 3.53. The molecule has 31 heavy (non-hydrogen) atoms. The summed E-state index contributed by atoms with van der Waals surface area (Å²) in [6, 6.07) is 14.2. The van der Waals surface area contributed by atoms with Gasteiger partial charge in [-0.1, -0.05) is 0 Å². The number of nitrogens with one attached hydrogen (secondary N) is 2. The number of benzene rings is 1. The van der Waals surface area contributed by atoms with Crippen LogP contribution in [-0.2, 0) is 6.54 Å². The van der Waals surface area contributed by atoms with Gasteiger partial charge in [-0.05, 0) is 55.8 Å². The molecule has 0 bridgehead atoms. The second-order valence-corrected chi connectivity index (χ2v) is 8.48. The molecule has 1 aromatic carbocycles. The largest absolute Gasteiger partial charge is 0.497 e. The number of thiazole rings is 1. The zero-order chi connectivity index (χ0) is 21.2. The molecule has 0 spiro atoms. The number of aromatic amines is 1. The minimum absolute atomic E-state index is 0.297. The highest BCUT2D eigenvalue weighted by atomic mass is 32.1. The molecule has 1 aliphatic rings. The molecule has 4 heterocycles. The van der Waals surface area contributed by atoms with E-state index < -0.39 is 0 Å². The van der Waals surface area contributed by atoms with Crippen LogP contribution in [0.4, 0.5) is 10.9 Å². The molecule has 1 atom stereocenters. The van der Waals surface area contributed by atoms with Crippen LogP contribution in [0, 0.1) is 11.3 Å². The molecule has 0 amide bonds. The second kappa shape index (κ2) is 8.38. The lowest BCUT2D eigenvalue weighted by Crippen LogP contribution is -2.23. The number of anilines is 2. The van der Waals surface area contributed by atoms with Gasteiger partial charge in [0.25, 0.3) is 0 Å². The predicted octanol–water partition coefficient (Wildman–Crippen LogP) is 4.98. The van der Waals surface area contributed by atoms with Gasteiger partial charge >= 0.3 is 0 Å². The minimum Gasteiger partial charge on any atom is -0.497 e. The molecule has 0 saturated carbocycles. The lowest BCUT2D eigenvalue weighted by atomic mass is 10.1. The van der Waals surface area contributed by atoms with Crippen molar-refractivity contribution >= 4 is 33.2 Å². The van der Waals surface area contributed by atoms with Crippen LogP contribution in [-0.4, -0.2) is 33.5 Å². The number of aromatic nitrogens is 3. The van der Waals surface area contributed by atoms with E-state index in [0.717, 1.165) is 53.4 Å². The van der Waals surface area contributed by atoms with Gasteiger partial charge in [0.15, 0.2) is 5.13 Å². The number of hydrogen-bond donors (Lipinski definition) is 2. The molecule has 5 rings (SSSR count). The maximum Gasteiger partial charge on any atom is 0.188 e. The molecule has 7 nitrogen and oxygen atoms in total. The molecule has 2 N–H and O–H groups in total. The van der Waals surface area contributed by atoms with Crippen molar-refractivity contribution in [3.8, 4) is 11.8 Å². The first-order valence-corrected chi connectivity index (χ1v) is 11.1. The molecule has 0 radical (unpaired) electrons. The molecule has 4 aromatic rings. The van der Waals surface area contributed by atoms with Crippen molar-refractivity contribution in [2.45, 2.75) is 25.4 Å². The van der Waals surface area contributed by atoms with Gasteiger partial charge in [0.2, 0.25) is 0 Å². The van der Waals surface area contributed by atoms with Gasteiger partial charge < -0.3 is 15.0 Å². The summed E-state index contributed by atoms with van der Waals surface area (Å²) in [4.78, 5) is 15.1. The van der Waals surface area contributed by atoms with Crippen LogP contribution >= 0.6 is 11.3 Å². The smallest absolute Gasteiger partial charge is 0.188 e. The number of nitriles is 1. The average molecular weight is 431 g/mol. The number of methoxy groups -OCH3 is 1. The van der Waals surface area contributed by atoms with Crippen LogP contribution in [0.1, 0.15) is 35.8 Å². The monoisotopic (exact) mass is 430 g/mol. The first kappa shape index (κ1) is 19.5. The van der Waals surface area contributed by atoms with Gasteiger partial charge in [-0.3, -0.25) is 4.90 Å². The molecule has 8 heteroatoms. The van der Waals surface area contributed by atoms with Crippen LogP contribution in [0.3, 0.4) is 0 Å². The first-order chi connectivity index (χ1) is 15.2. The van der Waals surface area contributed by atoms with Gasteiger partial charge in [0.05, 0.1) is 30.5 Å². The third-order valence-electron chi connectivity index (χ3n) is 5.61. The van der Waals surface area contributed by atoms with Crippen LogP contribution in [0.5, 0.6) is 5.75 Å². The van der Waals surface area contributed by atoms with E-state index in [2.05, 4.69) is 49.8 Å². The van der Waals surface area contributed by atoms with Gasteiger partial charge in [-0.25, -0.2) is 9.97 Å². The maximum absolute atomic E-state index is 9.07. The van der Waals surface area contributed by atoms with Crippen molar-refractivity contribution in [2.24, 2.45) is 0 Å². The van der Waals surface area contributed by atoms with E-state index in [1.807, 2.05) is 6.07 Å². The van der Waals surface area contributed by atoms with Gasteiger partial charge in [0.1, 0.15) is 11.6 Å². The fourth-order valence-corrected chi connectivity index (χ4v) is 4.89. The lowest BCUT2D eigenvalue weighted by molar-refractivity contribution is 0.243. The van der Waals surface area contributed by atoms with Crippen molar-refractivity contribution in [3.05, 3.63) is 64.9 Å². The Hall–Kier alpha value is -3.41. The standard InChI is InChI=1S/C23H22N6OS/c1-30-18-4-5-19-16(11-18)10-17(26-19)13-29-8-2-3-21(29)20-14-31-23(27-20)28-22-9-15(12-24)6-7-25-22/h4-7,9-11,14,21,26H,2-3,8,13H2,1H3,(H,25,27,28)/t21-/m0/s1. The fourth-order valence-electron chi connectivity index (χ4n) is 4.13. The SMILES string of the molecule is COc1ccc2[nH]c(CN3CCC[C@H]3c3csc(Nc4cc(C#N)ccn4)n3)cc2c1. The van der Waals surface area contributed by atoms with E-state index in [4.69, 9.17) is 15.0 Å². The Morgan fingerprint density at radius 2 is 2.26 bits per heavy atom. The zero-order valence-electron chi connectivity index (χ0n) is 17.1. The molecule has 1 fully saturated rings. The molecule has 1 aliphatic heterocycles. The molecular weight excluding hydrogens is 408 g/mol. The Balaban J connectivity index is 1.31. The number of likely N-dealkylation sites (tertiary alicyclic amines) is 1. The van der Waals surface area contributed by atoms with E-state index in [-0.39, 0.29) is 0 Å². The number of ether oxygens (including phenoxy) is 1. The topological polar surface area (TPSA) is 89.9 Å². The van der Waals surface area contributed by atoms with Crippen molar-refractivity contribution in [3.63, 3.8) is 0 Å². The van der Waals surface area contributed by atoms with E-state index in [1.165, 1.54) is 5.69 Å². The molecule has 3 aromatic heterocycles. The van der Waals surface area contributed by atoms with Gasteiger partial charge in [-0.15, -0.1) is 11.3 Å². The first-order valence-electron chi connectivity index (χ1n) is 10.2. The molecule has 1 saturated heterocycles. The van der Waals surface area contributed by atoms with E-state index in [9.17, 15) is 0 Å². The number of hydrogen-bond acceptors (Lipinski definition) is 7. The fraction of sp³-hybridized carbons (Fsp3) is 0.261. The van der Waals surface area contributed by atoms with Crippen molar-refractivity contribution < 1.29 is 4.74 Å². The third-order valence-corrected chi connectivity index (χ3v) is 6.38. The van der Waals surface area contributed by atoms with Gasteiger partial charge in [0, 0.05) is 34.7 Å². The second-order valence-electron chi connectivity index (χ2n) is 7.62. The summed E-state index contributed by atoms with van der Waals surface area (Å²) in [6.45, 7) is 1.91. The summed E-state index contributed by atoms with van der Waals surface area (Å²) in [5.41, 5.74) is 3.98. The van der Waals surface area contributed by atoms with Gasteiger partial charge in [-0.2, -0.15) is 5.26 Å². The van der Waals surface area contributed by atoms with Crippen molar-refractivity contribution in [2.75, 3.05) is 19.0 Å². The Morgan fingerprint density at radius 3 is 3.13 bits per heavy atom. The lowest BCUT2D eigenvalue weighted by Gasteiger charge is -2.22. The highest BCUT2D eigenvalue weighted by Crippen LogP contribution is 2.35. The van der Waals surface area contributed by atoms with Crippen molar-refractivity contribution in [1.82, 2.24) is 19.9 Å². The summed E-state index contributed by atoms with van der Waals surface area (Å²) in [5.74, 6) is 1.51. The highest BCUT2D eigenvalue weighted by Gasteiger charge is 2.28.